The lowest BCUT2D eigenvalue weighted by Crippen LogP contribution is -2.32. The molecule has 0 atom stereocenters. The van der Waals surface area contributed by atoms with Crippen LogP contribution in [0.5, 0.6) is 0 Å². The van der Waals surface area contributed by atoms with Crippen LogP contribution in [-0.2, 0) is 0 Å². The summed E-state index contributed by atoms with van der Waals surface area (Å²) in [6.45, 7) is 3.50. The monoisotopic (exact) mass is 485 g/mol. The van der Waals surface area contributed by atoms with Crippen molar-refractivity contribution in [3.8, 4) is 0 Å². The van der Waals surface area contributed by atoms with Crippen molar-refractivity contribution in [2.24, 2.45) is 0 Å². The molecule has 158 valence electrons. The zero-order valence-corrected chi connectivity index (χ0v) is 18.2. The predicted octanol–water partition coefficient (Wildman–Crippen LogP) is 4.85. The number of amides is 1. The Kier molecular flexibility index (Phi) is 6.03. The molecule has 1 aromatic carbocycles. The summed E-state index contributed by atoms with van der Waals surface area (Å²) in [5.74, 6) is -1.83. The summed E-state index contributed by atoms with van der Waals surface area (Å²) >= 11 is 3.54. The molecule has 0 spiro atoms. The van der Waals surface area contributed by atoms with Crippen LogP contribution in [0.2, 0.25) is 0 Å². The second kappa shape index (κ2) is 8.89. The first-order valence-corrected chi connectivity index (χ1v) is 10.3. The number of anilines is 2. The fraction of sp³-hybridized carbons (Fsp3) is 0.182. The van der Waals surface area contributed by atoms with E-state index in [4.69, 9.17) is 0 Å². The van der Waals surface area contributed by atoms with Gasteiger partial charge in [0.15, 0.2) is 5.82 Å². The van der Waals surface area contributed by atoms with E-state index in [1.165, 1.54) is 17.8 Å². The Morgan fingerprint density at radius 3 is 2.55 bits per heavy atom. The first-order chi connectivity index (χ1) is 14.9. The van der Waals surface area contributed by atoms with Crippen molar-refractivity contribution in [1.29, 1.82) is 0 Å². The first-order valence-electron chi connectivity index (χ1n) is 9.56. The number of hydrogen-bond acceptors (Lipinski definition) is 5. The van der Waals surface area contributed by atoms with Crippen LogP contribution in [0.15, 0.2) is 59.0 Å². The Hall–Kier alpha value is -3.20. The molecule has 0 unspecified atom stereocenters. The molecule has 4 rings (SSSR count). The van der Waals surface area contributed by atoms with Gasteiger partial charge in [-0.15, -0.1) is 0 Å². The minimum absolute atomic E-state index is 0.106. The van der Waals surface area contributed by atoms with Gasteiger partial charge in [0.2, 0.25) is 0 Å². The third-order valence-electron chi connectivity index (χ3n) is 5.05. The summed E-state index contributed by atoms with van der Waals surface area (Å²) in [5, 5.41) is 2.39. The van der Waals surface area contributed by atoms with E-state index in [0.29, 0.717) is 12.2 Å². The number of rotatable bonds is 4. The lowest BCUT2D eigenvalue weighted by atomic mass is 9.99. The van der Waals surface area contributed by atoms with E-state index in [1.54, 1.807) is 12.4 Å². The molecule has 1 amide bonds. The van der Waals surface area contributed by atoms with E-state index >= 15 is 0 Å². The van der Waals surface area contributed by atoms with Gasteiger partial charge >= 0.3 is 0 Å². The zero-order chi connectivity index (χ0) is 22.0. The van der Waals surface area contributed by atoms with Crippen LogP contribution in [0.3, 0.4) is 0 Å². The Bertz CT molecular complexity index is 1150. The van der Waals surface area contributed by atoms with Gasteiger partial charge < -0.3 is 10.2 Å². The van der Waals surface area contributed by atoms with Crippen molar-refractivity contribution in [2.75, 3.05) is 23.3 Å². The molecule has 2 aromatic heterocycles. The average molecular weight is 486 g/mol. The van der Waals surface area contributed by atoms with Gasteiger partial charge in [0.05, 0.1) is 22.6 Å². The molecule has 1 aliphatic rings. The molecule has 9 heteroatoms. The van der Waals surface area contributed by atoms with Gasteiger partial charge in [-0.05, 0) is 59.1 Å². The second-order valence-corrected chi connectivity index (χ2v) is 7.93. The van der Waals surface area contributed by atoms with E-state index in [0.717, 1.165) is 41.0 Å². The summed E-state index contributed by atoms with van der Waals surface area (Å²) in [5.41, 5.74) is 2.23. The number of nitrogens with zero attached hydrogens (tertiary/aromatic N) is 4. The lowest BCUT2D eigenvalue weighted by Gasteiger charge is -2.31. The van der Waals surface area contributed by atoms with Gasteiger partial charge in [0.25, 0.3) is 5.91 Å². The van der Waals surface area contributed by atoms with Gasteiger partial charge in [-0.2, -0.15) is 0 Å². The molecule has 0 saturated carbocycles. The fourth-order valence-electron chi connectivity index (χ4n) is 3.39. The van der Waals surface area contributed by atoms with Crippen molar-refractivity contribution in [3.63, 3.8) is 0 Å². The maximum atomic E-state index is 13.8. The number of halogens is 3. The van der Waals surface area contributed by atoms with E-state index < -0.39 is 23.1 Å². The van der Waals surface area contributed by atoms with Crippen molar-refractivity contribution in [2.45, 2.75) is 13.3 Å². The smallest absolute Gasteiger partial charge is 0.262 e. The van der Waals surface area contributed by atoms with Crippen LogP contribution in [0.25, 0.3) is 5.57 Å². The molecule has 31 heavy (non-hydrogen) atoms. The Morgan fingerprint density at radius 2 is 1.87 bits per heavy atom. The van der Waals surface area contributed by atoms with Gasteiger partial charge in [-0.1, -0.05) is 11.6 Å². The highest BCUT2D eigenvalue weighted by molar-refractivity contribution is 9.10. The quantitative estimate of drug-likeness (QED) is 0.571. The van der Waals surface area contributed by atoms with Crippen LogP contribution in [-0.4, -0.2) is 33.9 Å². The lowest BCUT2D eigenvalue weighted by molar-refractivity contribution is 0.101. The standard InChI is InChI=1S/C22H18BrF2N5O/c1-13-7-9-30(21-15(23)4-3-8-26-21)12-14(13)18-10-28-19(11-27-18)29-22(31)20-16(24)5-2-6-17(20)25/h2-6,8,10-11H,7,9,12H2,1H3,(H,28,29,31). The summed E-state index contributed by atoms with van der Waals surface area (Å²) in [6, 6.07) is 7.06. The van der Waals surface area contributed by atoms with Crippen LogP contribution in [0.1, 0.15) is 29.4 Å². The number of carbonyl (C=O) groups is 1. The number of aromatic nitrogens is 3. The van der Waals surface area contributed by atoms with Gasteiger partial charge in [0.1, 0.15) is 23.0 Å². The Labute approximate surface area is 186 Å². The maximum absolute atomic E-state index is 13.8. The van der Waals surface area contributed by atoms with Gasteiger partial charge in [-0.25, -0.2) is 18.7 Å². The number of carbonyl (C=O) groups excluding carboxylic acids is 1. The van der Waals surface area contributed by atoms with E-state index in [9.17, 15) is 13.6 Å². The molecule has 0 radical (unpaired) electrons. The molecule has 1 aliphatic heterocycles. The third-order valence-corrected chi connectivity index (χ3v) is 5.67. The molecular weight excluding hydrogens is 468 g/mol. The van der Waals surface area contributed by atoms with Crippen LogP contribution >= 0.6 is 15.9 Å². The number of benzene rings is 1. The SMILES string of the molecule is CC1=C(c2cnc(NC(=O)c3c(F)cccc3F)cn2)CN(c2ncccc2Br)CC1. The van der Waals surface area contributed by atoms with Crippen molar-refractivity contribution < 1.29 is 13.6 Å². The third kappa shape index (κ3) is 4.46. The molecule has 0 bridgehead atoms. The average Bonchev–Trinajstić information content (AvgIpc) is 2.75. The largest absolute Gasteiger partial charge is 0.351 e. The number of nitrogens with one attached hydrogen (secondary N) is 1. The number of pyridine rings is 1. The van der Waals surface area contributed by atoms with Crippen molar-refractivity contribution >= 4 is 39.0 Å². The molecule has 0 aliphatic carbocycles. The molecule has 0 fully saturated rings. The number of hydrogen-bond donors (Lipinski definition) is 1. The minimum Gasteiger partial charge on any atom is -0.351 e. The highest BCUT2D eigenvalue weighted by Crippen LogP contribution is 2.31. The minimum atomic E-state index is -0.939. The molecule has 0 saturated heterocycles. The summed E-state index contributed by atoms with van der Waals surface area (Å²) in [4.78, 5) is 27.5. The van der Waals surface area contributed by atoms with Crippen molar-refractivity contribution in [1.82, 2.24) is 15.0 Å². The summed E-state index contributed by atoms with van der Waals surface area (Å²) in [7, 11) is 0. The molecule has 6 nitrogen and oxygen atoms in total. The van der Waals surface area contributed by atoms with Crippen LogP contribution in [0.4, 0.5) is 20.4 Å². The normalized spacial score (nSPS) is 14.0. The molecule has 3 aromatic rings. The summed E-state index contributed by atoms with van der Waals surface area (Å²) < 4.78 is 28.5. The van der Waals surface area contributed by atoms with E-state index in [-0.39, 0.29) is 5.82 Å². The van der Waals surface area contributed by atoms with E-state index in [1.807, 2.05) is 12.1 Å². The first kappa shape index (κ1) is 21.0. The van der Waals surface area contributed by atoms with Gasteiger partial charge in [-0.3, -0.25) is 9.78 Å². The highest BCUT2D eigenvalue weighted by atomic mass is 79.9. The fourth-order valence-corrected chi connectivity index (χ4v) is 3.90. The molecule has 1 N–H and O–H groups in total. The summed E-state index contributed by atoms with van der Waals surface area (Å²) in [6.07, 6.45) is 5.52. The van der Waals surface area contributed by atoms with E-state index in [2.05, 4.69) is 48.0 Å². The molecule has 3 heterocycles. The zero-order valence-electron chi connectivity index (χ0n) is 16.6. The predicted molar refractivity (Wildman–Crippen MR) is 118 cm³/mol. The van der Waals surface area contributed by atoms with Crippen molar-refractivity contribution in [3.05, 3.63) is 81.9 Å². The van der Waals surface area contributed by atoms with Crippen LogP contribution < -0.4 is 10.2 Å². The Balaban J connectivity index is 1.52. The topological polar surface area (TPSA) is 71.0 Å². The second-order valence-electron chi connectivity index (χ2n) is 7.08. The molecular formula is C22H18BrF2N5O. The Morgan fingerprint density at radius 1 is 1.10 bits per heavy atom. The van der Waals surface area contributed by atoms with Crippen LogP contribution in [0, 0.1) is 11.6 Å². The maximum Gasteiger partial charge on any atom is 0.262 e. The van der Waals surface area contributed by atoms with Gasteiger partial charge in [0, 0.05) is 19.3 Å². The highest BCUT2D eigenvalue weighted by Gasteiger charge is 2.22.